The predicted octanol–water partition coefficient (Wildman–Crippen LogP) is 2.30. The molecule has 0 radical (unpaired) electrons. The molecule has 0 saturated heterocycles. The number of nitrogens with zero attached hydrogens (tertiary/aromatic N) is 2. The summed E-state index contributed by atoms with van der Waals surface area (Å²) in [4.78, 5) is 8.34. The van der Waals surface area contributed by atoms with Gasteiger partial charge in [-0.05, 0) is 11.4 Å². The van der Waals surface area contributed by atoms with Crippen molar-refractivity contribution in [3.05, 3.63) is 35.4 Å². The molecule has 3 N–H and O–H groups in total. The van der Waals surface area contributed by atoms with Crippen molar-refractivity contribution in [2.24, 2.45) is 4.99 Å². The van der Waals surface area contributed by atoms with Gasteiger partial charge in [0, 0.05) is 25.6 Å². The average molecular weight is 527 g/mol. The molecular formula is C16H26IN5O3S2. The van der Waals surface area contributed by atoms with E-state index in [2.05, 4.69) is 46.1 Å². The zero-order valence-electron chi connectivity index (χ0n) is 15.8. The second-order valence-corrected chi connectivity index (χ2v) is 9.49. The number of oxazole rings is 1. The van der Waals surface area contributed by atoms with Crippen molar-refractivity contribution in [1.82, 2.24) is 20.3 Å². The van der Waals surface area contributed by atoms with E-state index < -0.39 is 10.0 Å². The van der Waals surface area contributed by atoms with Crippen molar-refractivity contribution in [2.75, 3.05) is 20.1 Å². The molecular weight excluding hydrogens is 501 g/mol. The predicted molar refractivity (Wildman–Crippen MR) is 118 cm³/mol. The lowest BCUT2D eigenvalue weighted by atomic mass is 9.94. The standard InChI is InChI=1S/C16H25N5O3S2.HI/c1-16(2,3)12-10-19-13(24-12)11-20-15(17-4)18-7-8-21-26(22,23)14-6-5-9-25-14;/h5-6,9-10,21H,7-8,11H2,1-4H3,(H2,17,18,20);1H. The maximum Gasteiger partial charge on any atom is 0.250 e. The zero-order valence-corrected chi connectivity index (χ0v) is 19.7. The molecule has 2 rings (SSSR count). The Labute approximate surface area is 181 Å². The third-order valence-electron chi connectivity index (χ3n) is 3.39. The summed E-state index contributed by atoms with van der Waals surface area (Å²) < 4.78 is 32.6. The van der Waals surface area contributed by atoms with Crippen LogP contribution in [0.1, 0.15) is 32.4 Å². The van der Waals surface area contributed by atoms with Crippen LogP contribution in [0.25, 0.3) is 0 Å². The number of sulfonamides is 1. The van der Waals surface area contributed by atoms with Crippen molar-refractivity contribution in [2.45, 2.75) is 36.9 Å². The number of aromatic nitrogens is 1. The highest BCUT2D eigenvalue weighted by molar-refractivity contribution is 14.0. The number of hydrogen-bond acceptors (Lipinski definition) is 6. The molecule has 0 amide bonds. The van der Waals surface area contributed by atoms with Crippen LogP contribution in [-0.4, -0.2) is 39.5 Å². The van der Waals surface area contributed by atoms with Gasteiger partial charge in [-0.2, -0.15) is 0 Å². The lowest BCUT2D eigenvalue weighted by molar-refractivity contribution is 0.379. The van der Waals surface area contributed by atoms with Crippen LogP contribution in [-0.2, 0) is 22.0 Å². The Morgan fingerprint density at radius 2 is 2.04 bits per heavy atom. The van der Waals surface area contributed by atoms with Crippen LogP contribution in [0.3, 0.4) is 0 Å². The molecule has 0 fully saturated rings. The minimum atomic E-state index is -3.44. The first-order valence-electron chi connectivity index (χ1n) is 8.15. The smallest absolute Gasteiger partial charge is 0.250 e. The third kappa shape index (κ3) is 7.39. The number of aliphatic imine (C=N–C) groups is 1. The highest BCUT2D eigenvalue weighted by Crippen LogP contribution is 2.22. The van der Waals surface area contributed by atoms with Crippen molar-refractivity contribution < 1.29 is 12.8 Å². The Bertz CT molecular complexity index is 827. The van der Waals surface area contributed by atoms with Crippen LogP contribution in [0.4, 0.5) is 0 Å². The van der Waals surface area contributed by atoms with Gasteiger partial charge in [-0.25, -0.2) is 18.1 Å². The molecule has 152 valence electrons. The number of halogens is 1. The van der Waals surface area contributed by atoms with Gasteiger partial charge in [-0.3, -0.25) is 4.99 Å². The van der Waals surface area contributed by atoms with Gasteiger partial charge in [-0.15, -0.1) is 35.3 Å². The van der Waals surface area contributed by atoms with E-state index in [0.717, 1.165) is 5.76 Å². The zero-order chi connectivity index (χ0) is 19.2. The number of hydrogen-bond donors (Lipinski definition) is 3. The van der Waals surface area contributed by atoms with Gasteiger partial charge < -0.3 is 15.1 Å². The second-order valence-electron chi connectivity index (χ2n) is 6.55. The molecule has 11 heteroatoms. The van der Waals surface area contributed by atoms with E-state index in [1.165, 1.54) is 11.3 Å². The van der Waals surface area contributed by atoms with E-state index in [0.29, 0.717) is 29.1 Å². The van der Waals surface area contributed by atoms with Crippen LogP contribution in [0.5, 0.6) is 0 Å². The van der Waals surface area contributed by atoms with Gasteiger partial charge in [0.05, 0.1) is 12.7 Å². The molecule has 0 spiro atoms. The molecule has 0 saturated carbocycles. The SMILES string of the molecule is CN=C(NCCNS(=O)(=O)c1cccs1)NCc1ncc(C(C)(C)C)o1.I. The van der Waals surface area contributed by atoms with E-state index in [1.54, 1.807) is 30.8 Å². The van der Waals surface area contributed by atoms with Gasteiger partial charge in [0.25, 0.3) is 0 Å². The van der Waals surface area contributed by atoms with Crippen molar-refractivity contribution in [3.63, 3.8) is 0 Å². The number of thiophene rings is 1. The van der Waals surface area contributed by atoms with Gasteiger partial charge in [0.1, 0.15) is 9.97 Å². The lowest BCUT2D eigenvalue weighted by Gasteiger charge is -2.13. The maximum atomic E-state index is 12.0. The Kier molecular flexibility index (Phi) is 9.18. The lowest BCUT2D eigenvalue weighted by Crippen LogP contribution is -2.41. The molecule has 0 atom stereocenters. The monoisotopic (exact) mass is 527 g/mol. The summed E-state index contributed by atoms with van der Waals surface area (Å²) in [6, 6.07) is 3.28. The van der Waals surface area contributed by atoms with Crippen LogP contribution < -0.4 is 15.4 Å². The molecule has 2 aromatic rings. The third-order valence-corrected chi connectivity index (χ3v) is 6.25. The minimum Gasteiger partial charge on any atom is -0.443 e. The van der Waals surface area contributed by atoms with Crippen LogP contribution in [0.15, 0.2) is 37.3 Å². The number of nitrogens with one attached hydrogen (secondary N) is 3. The van der Waals surface area contributed by atoms with E-state index in [-0.39, 0.29) is 35.9 Å². The Hall–Kier alpha value is -1.18. The topological polar surface area (TPSA) is 109 Å². The Balaban J connectivity index is 0.00000364. The van der Waals surface area contributed by atoms with Gasteiger partial charge >= 0.3 is 0 Å². The summed E-state index contributed by atoms with van der Waals surface area (Å²) in [6.45, 7) is 7.20. The molecule has 0 aromatic carbocycles. The van der Waals surface area contributed by atoms with E-state index in [9.17, 15) is 8.42 Å². The average Bonchev–Trinajstić information content (AvgIpc) is 3.25. The molecule has 8 nitrogen and oxygen atoms in total. The molecule has 0 bridgehead atoms. The first kappa shape index (κ1) is 23.9. The molecule has 0 aliphatic rings. The first-order valence-corrected chi connectivity index (χ1v) is 10.5. The Morgan fingerprint density at radius 3 is 2.59 bits per heavy atom. The number of guanidine groups is 1. The quantitative estimate of drug-likeness (QED) is 0.221. The maximum absolute atomic E-state index is 12.0. The molecule has 0 unspecified atom stereocenters. The second kappa shape index (κ2) is 10.4. The molecule has 0 aliphatic carbocycles. The van der Waals surface area contributed by atoms with E-state index >= 15 is 0 Å². The van der Waals surface area contributed by atoms with Crippen LogP contribution >= 0.6 is 35.3 Å². The van der Waals surface area contributed by atoms with Gasteiger partial charge in [0.2, 0.25) is 15.9 Å². The van der Waals surface area contributed by atoms with Crippen molar-refractivity contribution in [3.8, 4) is 0 Å². The van der Waals surface area contributed by atoms with Crippen molar-refractivity contribution >= 4 is 51.3 Å². The highest BCUT2D eigenvalue weighted by atomic mass is 127. The van der Waals surface area contributed by atoms with Crippen LogP contribution in [0.2, 0.25) is 0 Å². The number of rotatable bonds is 7. The van der Waals surface area contributed by atoms with Gasteiger partial charge in [0.15, 0.2) is 5.96 Å². The van der Waals surface area contributed by atoms with E-state index in [1.807, 2.05) is 0 Å². The summed E-state index contributed by atoms with van der Waals surface area (Å²) >= 11 is 1.18. The van der Waals surface area contributed by atoms with Crippen LogP contribution in [0, 0.1) is 0 Å². The normalized spacial score (nSPS) is 12.5. The molecule has 0 aliphatic heterocycles. The molecule has 2 heterocycles. The van der Waals surface area contributed by atoms with E-state index in [4.69, 9.17) is 4.42 Å². The summed E-state index contributed by atoms with van der Waals surface area (Å²) in [5.74, 6) is 1.92. The molecule has 27 heavy (non-hydrogen) atoms. The summed E-state index contributed by atoms with van der Waals surface area (Å²) in [6.07, 6.45) is 1.73. The van der Waals surface area contributed by atoms with Crippen molar-refractivity contribution in [1.29, 1.82) is 0 Å². The Morgan fingerprint density at radius 1 is 1.30 bits per heavy atom. The highest BCUT2D eigenvalue weighted by Gasteiger charge is 2.19. The fourth-order valence-corrected chi connectivity index (χ4v) is 4.04. The largest absolute Gasteiger partial charge is 0.443 e. The van der Waals surface area contributed by atoms with Gasteiger partial charge in [-0.1, -0.05) is 26.8 Å². The molecule has 2 aromatic heterocycles. The first-order chi connectivity index (χ1) is 12.2. The fraction of sp³-hybridized carbons (Fsp3) is 0.500. The fourth-order valence-electron chi connectivity index (χ4n) is 1.97. The summed E-state index contributed by atoms with van der Waals surface area (Å²) in [5.41, 5.74) is -0.0924. The summed E-state index contributed by atoms with van der Waals surface area (Å²) in [5, 5.41) is 7.85. The summed E-state index contributed by atoms with van der Waals surface area (Å²) in [7, 11) is -1.80. The minimum absolute atomic E-state index is 0.